The Kier molecular flexibility index (Phi) is 2.90. The molecule has 0 unspecified atom stereocenters. The Morgan fingerprint density at radius 2 is 1.83 bits per heavy atom. The maximum atomic E-state index is 5.77. The Morgan fingerprint density at radius 1 is 0.944 bits per heavy atom. The summed E-state index contributed by atoms with van der Waals surface area (Å²) < 4.78 is 0. The number of hydrogen-bond donors (Lipinski definition) is 0. The van der Waals surface area contributed by atoms with Crippen LogP contribution in [0, 0.1) is 0 Å². The molecular weight excluding hydrogens is 246 g/mol. The summed E-state index contributed by atoms with van der Waals surface area (Å²) in [6.07, 6.45) is 1.71. The molecule has 0 aliphatic heterocycles. The van der Waals surface area contributed by atoms with Gasteiger partial charge in [-0.25, -0.2) is 15.0 Å². The lowest BCUT2D eigenvalue weighted by Gasteiger charge is -2.02. The summed E-state index contributed by atoms with van der Waals surface area (Å²) in [7, 11) is 0. The molecule has 1 aromatic carbocycles. The van der Waals surface area contributed by atoms with E-state index in [0.717, 1.165) is 22.3 Å². The fourth-order valence-electron chi connectivity index (χ4n) is 1.78. The molecular formula is C14H10ClN3. The molecule has 0 saturated heterocycles. The van der Waals surface area contributed by atoms with Crippen LogP contribution in [0.5, 0.6) is 0 Å². The van der Waals surface area contributed by atoms with Crippen molar-refractivity contribution in [2.24, 2.45) is 0 Å². The number of nitrogens with zero attached hydrogens (tertiary/aromatic N) is 3. The number of benzene rings is 1. The van der Waals surface area contributed by atoms with E-state index in [1.807, 2.05) is 36.4 Å². The summed E-state index contributed by atoms with van der Waals surface area (Å²) >= 11 is 5.77. The van der Waals surface area contributed by atoms with Crippen molar-refractivity contribution in [1.29, 1.82) is 0 Å². The normalized spacial score (nSPS) is 10.7. The summed E-state index contributed by atoms with van der Waals surface area (Å²) in [5.74, 6) is 0.988. The highest BCUT2D eigenvalue weighted by Crippen LogP contribution is 2.18. The molecule has 88 valence electrons. The van der Waals surface area contributed by atoms with Gasteiger partial charge in [0.05, 0.1) is 17.1 Å². The second-order valence-electron chi connectivity index (χ2n) is 3.89. The maximum Gasteiger partial charge on any atom is 0.178 e. The van der Waals surface area contributed by atoms with Gasteiger partial charge in [-0.1, -0.05) is 24.3 Å². The highest BCUT2D eigenvalue weighted by molar-refractivity contribution is 6.16. The number of fused-ring (bicyclic) bond motifs is 1. The van der Waals surface area contributed by atoms with Crippen LogP contribution in [0.25, 0.3) is 22.4 Å². The van der Waals surface area contributed by atoms with Crippen molar-refractivity contribution in [3.63, 3.8) is 0 Å². The molecule has 3 nitrogen and oxygen atoms in total. The van der Waals surface area contributed by atoms with Crippen LogP contribution in [0.4, 0.5) is 0 Å². The molecule has 0 aliphatic rings. The second kappa shape index (κ2) is 4.70. The zero-order valence-electron chi connectivity index (χ0n) is 9.55. The van der Waals surface area contributed by atoms with Crippen molar-refractivity contribution in [3.8, 4) is 11.5 Å². The maximum absolute atomic E-state index is 5.77. The molecule has 0 atom stereocenters. The van der Waals surface area contributed by atoms with Crippen LogP contribution >= 0.6 is 11.6 Å². The van der Waals surface area contributed by atoms with E-state index in [2.05, 4.69) is 15.0 Å². The lowest BCUT2D eigenvalue weighted by atomic mass is 10.2. The van der Waals surface area contributed by atoms with E-state index < -0.39 is 0 Å². The van der Waals surface area contributed by atoms with Gasteiger partial charge in [0.15, 0.2) is 5.82 Å². The van der Waals surface area contributed by atoms with Gasteiger partial charge in [0.1, 0.15) is 5.69 Å². The Bertz CT molecular complexity index is 697. The second-order valence-corrected chi connectivity index (χ2v) is 4.16. The van der Waals surface area contributed by atoms with Crippen LogP contribution in [0.1, 0.15) is 5.69 Å². The largest absolute Gasteiger partial charge is 0.244 e. The SMILES string of the molecule is ClCc1ccnc(-c2ccc3ccccc3n2)n1. The van der Waals surface area contributed by atoms with Crippen molar-refractivity contribution < 1.29 is 0 Å². The lowest BCUT2D eigenvalue weighted by Crippen LogP contribution is -1.94. The van der Waals surface area contributed by atoms with Crippen molar-refractivity contribution in [2.45, 2.75) is 5.88 Å². The number of hydrogen-bond acceptors (Lipinski definition) is 3. The number of para-hydroxylation sites is 1. The molecule has 2 heterocycles. The minimum Gasteiger partial charge on any atom is -0.244 e. The smallest absolute Gasteiger partial charge is 0.178 e. The van der Waals surface area contributed by atoms with E-state index in [4.69, 9.17) is 11.6 Å². The Hall–Kier alpha value is -2.00. The molecule has 0 spiro atoms. The number of pyridine rings is 1. The van der Waals surface area contributed by atoms with Gasteiger partial charge < -0.3 is 0 Å². The summed E-state index contributed by atoms with van der Waals surface area (Å²) in [5.41, 5.74) is 2.51. The third kappa shape index (κ3) is 2.05. The number of aromatic nitrogens is 3. The number of alkyl halides is 1. The van der Waals surface area contributed by atoms with Crippen LogP contribution < -0.4 is 0 Å². The third-order valence-electron chi connectivity index (χ3n) is 2.68. The van der Waals surface area contributed by atoms with Gasteiger partial charge >= 0.3 is 0 Å². The zero-order chi connectivity index (χ0) is 12.4. The molecule has 0 radical (unpaired) electrons. The standard InChI is InChI=1S/C14H10ClN3/c15-9-11-7-8-16-14(17-11)13-6-5-10-3-1-2-4-12(10)18-13/h1-8H,9H2. The van der Waals surface area contributed by atoms with Crippen molar-refractivity contribution in [1.82, 2.24) is 15.0 Å². The Balaban J connectivity index is 2.13. The first-order chi connectivity index (χ1) is 8.86. The van der Waals surface area contributed by atoms with Crippen LogP contribution in [0.2, 0.25) is 0 Å². The zero-order valence-corrected chi connectivity index (χ0v) is 10.3. The van der Waals surface area contributed by atoms with Gasteiger partial charge in [-0.15, -0.1) is 11.6 Å². The summed E-state index contributed by atoms with van der Waals surface area (Å²) in [4.78, 5) is 13.1. The minimum absolute atomic E-state index is 0.378. The number of rotatable bonds is 2. The molecule has 0 amide bonds. The van der Waals surface area contributed by atoms with Gasteiger partial charge in [-0.05, 0) is 18.2 Å². The fourth-order valence-corrected chi connectivity index (χ4v) is 1.93. The van der Waals surface area contributed by atoms with Crippen molar-refractivity contribution in [3.05, 3.63) is 54.4 Å². The fraction of sp³-hybridized carbons (Fsp3) is 0.0714. The Morgan fingerprint density at radius 3 is 2.72 bits per heavy atom. The van der Waals surface area contributed by atoms with Crippen molar-refractivity contribution in [2.75, 3.05) is 0 Å². The Labute approximate surface area is 109 Å². The van der Waals surface area contributed by atoms with E-state index in [1.165, 1.54) is 0 Å². The first kappa shape index (κ1) is 11.1. The molecule has 0 fully saturated rings. The molecule has 0 saturated carbocycles. The lowest BCUT2D eigenvalue weighted by molar-refractivity contribution is 1.08. The molecule has 3 aromatic rings. The van der Waals surface area contributed by atoms with E-state index in [9.17, 15) is 0 Å². The van der Waals surface area contributed by atoms with E-state index in [0.29, 0.717) is 11.7 Å². The van der Waals surface area contributed by atoms with Crippen LogP contribution in [-0.2, 0) is 5.88 Å². The highest BCUT2D eigenvalue weighted by atomic mass is 35.5. The first-order valence-electron chi connectivity index (χ1n) is 5.61. The molecule has 3 rings (SSSR count). The average Bonchev–Trinajstić information content (AvgIpc) is 2.47. The molecule has 0 aliphatic carbocycles. The van der Waals surface area contributed by atoms with E-state index >= 15 is 0 Å². The van der Waals surface area contributed by atoms with Gasteiger partial charge in [0, 0.05) is 11.6 Å². The monoisotopic (exact) mass is 255 g/mol. The van der Waals surface area contributed by atoms with Crippen LogP contribution in [0.3, 0.4) is 0 Å². The third-order valence-corrected chi connectivity index (χ3v) is 2.95. The molecule has 18 heavy (non-hydrogen) atoms. The van der Waals surface area contributed by atoms with Crippen LogP contribution in [-0.4, -0.2) is 15.0 Å². The minimum atomic E-state index is 0.378. The van der Waals surface area contributed by atoms with Crippen molar-refractivity contribution >= 4 is 22.5 Å². The summed E-state index contributed by atoms with van der Waals surface area (Å²) in [6, 6.07) is 13.7. The van der Waals surface area contributed by atoms with E-state index in [1.54, 1.807) is 12.3 Å². The van der Waals surface area contributed by atoms with Gasteiger partial charge in [-0.2, -0.15) is 0 Å². The predicted molar refractivity (Wildman–Crippen MR) is 72.3 cm³/mol. The van der Waals surface area contributed by atoms with Gasteiger partial charge in [0.25, 0.3) is 0 Å². The van der Waals surface area contributed by atoms with E-state index in [-0.39, 0.29) is 0 Å². The first-order valence-corrected chi connectivity index (χ1v) is 6.14. The molecule has 2 aromatic heterocycles. The van der Waals surface area contributed by atoms with Gasteiger partial charge in [-0.3, -0.25) is 0 Å². The quantitative estimate of drug-likeness (QED) is 0.659. The predicted octanol–water partition coefficient (Wildman–Crippen LogP) is 3.43. The number of halogens is 1. The average molecular weight is 256 g/mol. The van der Waals surface area contributed by atoms with Crippen LogP contribution in [0.15, 0.2) is 48.7 Å². The highest BCUT2D eigenvalue weighted by Gasteiger charge is 2.04. The summed E-state index contributed by atoms with van der Waals surface area (Å²) in [5, 5.41) is 1.11. The molecule has 0 bridgehead atoms. The van der Waals surface area contributed by atoms with Gasteiger partial charge in [0.2, 0.25) is 0 Å². The topological polar surface area (TPSA) is 38.7 Å². The summed E-state index contributed by atoms with van der Waals surface area (Å²) in [6.45, 7) is 0. The molecule has 4 heteroatoms. The molecule has 0 N–H and O–H groups in total.